The molecule has 1 aromatic heterocycles. The van der Waals surface area contributed by atoms with Gasteiger partial charge in [0.05, 0.1) is 5.69 Å². The summed E-state index contributed by atoms with van der Waals surface area (Å²) in [4.78, 5) is 11.0. The van der Waals surface area contributed by atoms with Crippen LogP contribution in [0, 0.1) is 0 Å². The van der Waals surface area contributed by atoms with Crippen molar-refractivity contribution in [2.24, 2.45) is 0 Å². The van der Waals surface area contributed by atoms with Gasteiger partial charge in [0.25, 0.3) is 10.0 Å². The number of carbonyl (C=O) groups is 1. The van der Waals surface area contributed by atoms with Gasteiger partial charge in [-0.15, -0.1) is 11.3 Å². The van der Waals surface area contributed by atoms with E-state index in [1.807, 2.05) is 0 Å². The van der Waals surface area contributed by atoms with Gasteiger partial charge in [0.1, 0.15) is 6.54 Å². The molecule has 0 aliphatic heterocycles. The SMILES string of the molecule is O=C(O)CN(c1ccc(Cl)cc1)S(=O)(=O)c1sccc1Br. The Bertz CT molecular complexity index is 758. The lowest BCUT2D eigenvalue weighted by atomic mass is 10.3. The molecule has 1 N–H and O–H groups in total. The fourth-order valence-electron chi connectivity index (χ4n) is 1.61. The van der Waals surface area contributed by atoms with Crippen LogP contribution in [0.2, 0.25) is 5.02 Å². The fraction of sp³-hybridized carbons (Fsp3) is 0.0833. The van der Waals surface area contributed by atoms with Crippen LogP contribution >= 0.6 is 38.9 Å². The first-order valence-corrected chi connectivity index (χ1v) is 9.04. The lowest BCUT2D eigenvalue weighted by Gasteiger charge is -2.22. The summed E-state index contributed by atoms with van der Waals surface area (Å²) < 4.78 is 26.6. The van der Waals surface area contributed by atoms with Crippen LogP contribution in [0.15, 0.2) is 44.4 Å². The maximum Gasteiger partial charge on any atom is 0.324 e. The van der Waals surface area contributed by atoms with Crippen molar-refractivity contribution in [3.63, 3.8) is 0 Å². The Hall–Kier alpha value is -1.09. The fourth-order valence-corrected chi connectivity index (χ4v) is 5.56. The zero-order chi connectivity index (χ0) is 15.6. The number of anilines is 1. The molecule has 21 heavy (non-hydrogen) atoms. The molecule has 0 atom stereocenters. The Labute approximate surface area is 139 Å². The quantitative estimate of drug-likeness (QED) is 0.819. The van der Waals surface area contributed by atoms with Crippen LogP contribution in [0.1, 0.15) is 0 Å². The molecule has 112 valence electrons. The predicted molar refractivity (Wildman–Crippen MR) is 85.6 cm³/mol. The predicted octanol–water partition coefficient (Wildman–Crippen LogP) is 3.44. The Morgan fingerprint density at radius 2 is 1.90 bits per heavy atom. The van der Waals surface area contributed by atoms with Gasteiger partial charge >= 0.3 is 5.97 Å². The molecule has 0 bridgehead atoms. The second kappa shape index (κ2) is 6.35. The molecule has 0 aliphatic rings. The van der Waals surface area contributed by atoms with Gasteiger partial charge in [0.15, 0.2) is 4.21 Å². The monoisotopic (exact) mass is 409 g/mol. The Kier molecular flexibility index (Phi) is 4.92. The Balaban J connectivity index is 2.52. The number of thiophene rings is 1. The van der Waals surface area contributed by atoms with Crippen LogP contribution in [0.3, 0.4) is 0 Å². The highest BCUT2D eigenvalue weighted by Gasteiger charge is 2.29. The molecule has 0 aliphatic carbocycles. The molecule has 1 heterocycles. The summed E-state index contributed by atoms with van der Waals surface area (Å²) >= 11 is 9.94. The molecule has 0 unspecified atom stereocenters. The smallest absolute Gasteiger partial charge is 0.324 e. The topological polar surface area (TPSA) is 74.7 Å². The highest BCUT2D eigenvalue weighted by Crippen LogP contribution is 2.33. The molecule has 1 aromatic carbocycles. The molecule has 9 heteroatoms. The summed E-state index contributed by atoms with van der Waals surface area (Å²) in [5, 5.41) is 11.0. The number of aliphatic carboxylic acids is 1. The molecule has 5 nitrogen and oxygen atoms in total. The minimum atomic E-state index is -3.97. The first kappa shape index (κ1) is 16.3. The summed E-state index contributed by atoms with van der Waals surface area (Å²) in [6.45, 7) is -0.672. The van der Waals surface area contributed by atoms with E-state index in [2.05, 4.69) is 15.9 Å². The number of hydrogen-bond acceptors (Lipinski definition) is 4. The van der Waals surface area contributed by atoms with Crippen molar-refractivity contribution in [1.82, 2.24) is 0 Å². The first-order chi connectivity index (χ1) is 9.82. The van der Waals surface area contributed by atoms with Gasteiger partial charge in [-0.2, -0.15) is 0 Å². The van der Waals surface area contributed by atoms with Crippen LogP contribution in [-0.2, 0) is 14.8 Å². The molecule has 0 fully saturated rings. The van der Waals surface area contributed by atoms with Gasteiger partial charge in [-0.05, 0) is 51.6 Å². The van der Waals surface area contributed by atoms with Gasteiger partial charge in [-0.3, -0.25) is 9.10 Å². The van der Waals surface area contributed by atoms with Gasteiger partial charge in [-0.25, -0.2) is 8.42 Å². The van der Waals surface area contributed by atoms with E-state index < -0.39 is 22.5 Å². The van der Waals surface area contributed by atoms with Crippen LogP contribution in [0.4, 0.5) is 5.69 Å². The van der Waals surface area contributed by atoms with E-state index in [0.717, 1.165) is 15.6 Å². The third kappa shape index (κ3) is 3.57. The maximum atomic E-state index is 12.6. The zero-order valence-corrected chi connectivity index (χ0v) is 14.3. The van der Waals surface area contributed by atoms with Crippen molar-refractivity contribution in [2.45, 2.75) is 4.21 Å². The molecule has 0 saturated heterocycles. The second-order valence-electron chi connectivity index (χ2n) is 3.94. The molecule has 0 amide bonds. The van der Waals surface area contributed by atoms with Crippen molar-refractivity contribution in [3.05, 3.63) is 45.2 Å². The van der Waals surface area contributed by atoms with Crippen molar-refractivity contribution in [1.29, 1.82) is 0 Å². The minimum absolute atomic E-state index is 0.0544. The Morgan fingerprint density at radius 3 is 2.38 bits per heavy atom. The van der Waals surface area contributed by atoms with E-state index in [1.54, 1.807) is 11.4 Å². The first-order valence-electron chi connectivity index (χ1n) is 5.55. The normalized spacial score (nSPS) is 11.3. The molecule has 0 radical (unpaired) electrons. The van der Waals surface area contributed by atoms with Crippen molar-refractivity contribution >= 4 is 60.5 Å². The number of hydrogen-bond donors (Lipinski definition) is 1. The number of rotatable bonds is 5. The lowest BCUT2D eigenvalue weighted by molar-refractivity contribution is -0.135. The number of carboxylic acid groups (broad SMARTS) is 1. The van der Waals surface area contributed by atoms with Crippen molar-refractivity contribution in [2.75, 3.05) is 10.8 Å². The van der Waals surface area contributed by atoms with Crippen LogP contribution in [-0.4, -0.2) is 26.0 Å². The van der Waals surface area contributed by atoms with Crippen LogP contribution in [0.5, 0.6) is 0 Å². The van der Waals surface area contributed by atoms with E-state index >= 15 is 0 Å². The molecule has 2 rings (SSSR count). The number of halogens is 2. The summed E-state index contributed by atoms with van der Waals surface area (Å²) in [6.07, 6.45) is 0. The van der Waals surface area contributed by atoms with E-state index in [0.29, 0.717) is 9.50 Å². The number of sulfonamides is 1. The molecular formula is C12H9BrClNO4S2. The summed E-state index contributed by atoms with van der Waals surface area (Å²) in [5.74, 6) is -1.25. The van der Waals surface area contributed by atoms with Gasteiger partial charge in [-0.1, -0.05) is 11.6 Å². The van der Waals surface area contributed by atoms with Crippen LogP contribution < -0.4 is 4.31 Å². The molecule has 0 saturated carbocycles. The molecular weight excluding hydrogens is 402 g/mol. The summed E-state index contributed by atoms with van der Waals surface area (Å²) in [5.41, 5.74) is 0.238. The highest BCUT2D eigenvalue weighted by atomic mass is 79.9. The van der Waals surface area contributed by atoms with E-state index in [9.17, 15) is 13.2 Å². The van der Waals surface area contributed by atoms with Crippen molar-refractivity contribution < 1.29 is 18.3 Å². The third-order valence-corrected chi connectivity index (χ3v) is 7.18. The minimum Gasteiger partial charge on any atom is -0.480 e. The van der Waals surface area contributed by atoms with E-state index in [1.165, 1.54) is 24.3 Å². The van der Waals surface area contributed by atoms with E-state index in [-0.39, 0.29) is 9.90 Å². The number of carboxylic acids is 1. The summed E-state index contributed by atoms with van der Waals surface area (Å²) in [6, 6.07) is 7.53. The number of benzene rings is 1. The molecule has 0 spiro atoms. The van der Waals surface area contributed by atoms with Crippen LogP contribution in [0.25, 0.3) is 0 Å². The summed E-state index contributed by atoms with van der Waals surface area (Å²) in [7, 11) is -3.97. The average molecular weight is 411 g/mol. The Morgan fingerprint density at radius 1 is 1.29 bits per heavy atom. The average Bonchev–Trinajstić information content (AvgIpc) is 2.84. The van der Waals surface area contributed by atoms with Crippen molar-refractivity contribution in [3.8, 4) is 0 Å². The van der Waals surface area contributed by atoms with Gasteiger partial charge < -0.3 is 5.11 Å². The largest absolute Gasteiger partial charge is 0.480 e. The standard InChI is InChI=1S/C12H9BrClNO4S2/c13-10-5-6-20-12(10)21(18,19)15(7-11(16)17)9-3-1-8(14)2-4-9/h1-6H,7H2,(H,16,17). The number of nitrogens with zero attached hydrogens (tertiary/aromatic N) is 1. The molecule has 2 aromatic rings. The van der Waals surface area contributed by atoms with Gasteiger partial charge in [0, 0.05) is 9.50 Å². The zero-order valence-electron chi connectivity index (χ0n) is 10.4. The van der Waals surface area contributed by atoms with E-state index in [4.69, 9.17) is 16.7 Å². The second-order valence-corrected chi connectivity index (χ2v) is 8.20. The lowest BCUT2D eigenvalue weighted by Crippen LogP contribution is -2.35. The maximum absolute atomic E-state index is 12.6. The third-order valence-electron chi connectivity index (χ3n) is 2.50. The highest BCUT2D eigenvalue weighted by molar-refractivity contribution is 9.10. The van der Waals surface area contributed by atoms with Gasteiger partial charge in [0.2, 0.25) is 0 Å².